The van der Waals surface area contributed by atoms with Crippen molar-refractivity contribution in [3.63, 3.8) is 0 Å². The van der Waals surface area contributed by atoms with Crippen LogP contribution in [0.25, 0.3) is 0 Å². The lowest BCUT2D eigenvalue weighted by molar-refractivity contribution is 0.0643. The molecule has 0 bridgehead atoms. The van der Waals surface area contributed by atoms with Crippen LogP contribution in [0.1, 0.15) is 26.3 Å². The number of carbonyl (C=O) groups is 2. The molecular weight excluding hydrogens is 366 g/mol. The minimum atomic E-state index is -0.197. The predicted molar refractivity (Wildman–Crippen MR) is 104 cm³/mol. The van der Waals surface area contributed by atoms with Gasteiger partial charge in [-0.1, -0.05) is 24.3 Å². The molecule has 1 unspecified atom stereocenters. The van der Waals surface area contributed by atoms with Crippen molar-refractivity contribution in [2.75, 3.05) is 24.7 Å². The normalized spacial score (nSPS) is 16.8. The predicted octanol–water partition coefficient (Wildman–Crippen LogP) is 2.33. The fourth-order valence-corrected chi connectivity index (χ4v) is 4.09. The van der Waals surface area contributed by atoms with E-state index in [1.54, 1.807) is 53.1 Å². The van der Waals surface area contributed by atoms with Gasteiger partial charge >= 0.3 is 0 Å². The zero-order chi connectivity index (χ0) is 19.2. The highest BCUT2D eigenvalue weighted by Gasteiger charge is 2.29. The highest BCUT2D eigenvalue weighted by atomic mass is 32.2. The summed E-state index contributed by atoms with van der Waals surface area (Å²) in [7, 11) is 0. The van der Waals surface area contributed by atoms with Gasteiger partial charge in [0.2, 0.25) is 0 Å². The van der Waals surface area contributed by atoms with Crippen molar-refractivity contribution >= 4 is 24.0 Å². The third kappa shape index (κ3) is 4.26. The van der Waals surface area contributed by atoms with Crippen LogP contribution in [0.15, 0.2) is 42.5 Å². The number of aliphatic hydroxyl groups is 1. The Bertz CT molecular complexity index is 826. The van der Waals surface area contributed by atoms with Crippen molar-refractivity contribution in [3.05, 3.63) is 59.2 Å². The molecule has 2 aromatic rings. The van der Waals surface area contributed by atoms with Gasteiger partial charge in [0, 0.05) is 23.6 Å². The number of phenolic OH excluding ortho intramolecular Hbond substituents is 1. The molecule has 2 N–H and O–H groups in total. The van der Waals surface area contributed by atoms with Gasteiger partial charge in [-0.2, -0.15) is 11.8 Å². The number of carbonyl (C=O) groups excluding carboxylic acids is 2. The summed E-state index contributed by atoms with van der Waals surface area (Å²) >= 11 is 1.74. The molecule has 1 aliphatic heterocycles. The van der Waals surface area contributed by atoms with E-state index >= 15 is 0 Å². The molecule has 1 aliphatic rings. The summed E-state index contributed by atoms with van der Waals surface area (Å²) in [5.41, 5.74) is 1.18. The Kier molecular flexibility index (Phi) is 6.36. The van der Waals surface area contributed by atoms with E-state index in [0.717, 1.165) is 5.75 Å². The van der Waals surface area contributed by atoms with Crippen LogP contribution in [0.3, 0.4) is 0 Å². The van der Waals surface area contributed by atoms with Crippen molar-refractivity contribution < 1.29 is 24.5 Å². The number of ether oxygens (including phenoxy) is 1. The fraction of sp³-hybridized carbons (Fsp3) is 0.300. The van der Waals surface area contributed by atoms with Gasteiger partial charge in [0.05, 0.1) is 18.2 Å². The third-order valence-electron chi connectivity index (χ3n) is 4.50. The number of benzene rings is 2. The van der Waals surface area contributed by atoms with E-state index in [1.807, 2.05) is 0 Å². The quantitative estimate of drug-likeness (QED) is 0.740. The van der Waals surface area contributed by atoms with Gasteiger partial charge in [-0.3, -0.25) is 9.59 Å². The lowest BCUT2D eigenvalue weighted by Gasteiger charge is -2.35. The molecule has 0 saturated carbocycles. The van der Waals surface area contributed by atoms with Crippen LogP contribution in [0.4, 0.5) is 0 Å². The molecule has 7 heteroatoms. The summed E-state index contributed by atoms with van der Waals surface area (Å²) in [6, 6.07) is 11.5. The lowest BCUT2D eigenvalue weighted by Crippen LogP contribution is -2.49. The summed E-state index contributed by atoms with van der Waals surface area (Å²) in [6.07, 6.45) is 0.556. The molecule has 0 aliphatic carbocycles. The van der Waals surface area contributed by atoms with Gasteiger partial charge in [0.25, 0.3) is 5.91 Å². The SMILES string of the molecule is O=Cc1c(O)cccc1OCC1CSCCN1C(=O)c1ccccc1CO. The van der Waals surface area contributed by atoms with Gasteiger partial charge in [-0.15, -0.1) is 0 Å². The van der Waals surface area contributed by atoms with Crippen molar-refractivity contribution in [1.29, 1.82) is 0 Å². The molecule has 0 spiro atoms. The molecule has 1 amide bonds. The van der Waals surface area contributed by atoms with E-state index in [-0.39, 0.29) is 36.5 Å². The second-order valence-corrected chi connectivity index (χ2v) is 7.31. The highest BCUT2D eigenvalue weighted by Crippen LogP contribution is 2.27. The fourth-order valence-electron chi connectivity index (χ4n) is 3.04. The van der Waals surface area contributed by atoms with E-state index in [2.05, 4.69) is 0 Å². The Morgan fingerprint density at radius 3 is 2.85 bits per heavy atom. The Morgan fingerprint density at radius 1 is 1.26 bits per heavy atom. The monoisotopic (exact) mass is 387 g/mol. The number of phenols is 1. The standard InChI is InChI=1S/C20H21NO5S/c22-10-14-4-1-2-5-16(14)20(25)21-8-9-27-13-15(21)12-26-19-7-3-6-18(24)17(19)11-23/h1-7,11,15,22,24H,8-10,12-13H2. The minimum absolute atomic E-state index is 0.101. The van der Waals surface area contributed by atoms with Crippen LogP contribution in [0, 0.1) is 0 Å². The molecule has 6 nitrogen and oxygen atoms in total. The second kappa shape index (κ2) is 8.92. The van der Waals surface area contributed by atoms with Crippen molar-refractivity contribution in [2.45, 2.75) is 12.6 Å². The summed E-state index contributed by atoms with van der Waals surface area (Å²) in [4.78, 5) is 26.0. The van der Waals surface area contributed by atoms with Gasteiger partial charge in [0.1, 0.15) is 18.1 Å². The van der Waals surface area contributed by atoms with Crippen LogP contribution in [0.2, 0.25) is 0 Å². The van der Waals surface area contributed by atoms with Crippen LogP contribution in [-0.4, -0.2) is 58.0 Å². The molecule has 0 radical (unpaired) electrons. The summed E-state index contributed by atoms with van der Waals surface area (Å²) in [5.74, 6) is 1.56. The smallest absolute Gasteiger partial charge is 0.254 e. The third-order valence-corrected chi connectivity index (χ3v) is 5.59. The molecular formula is C20H21NO5S. The van der Waals surface area contributed by atoms with Gasteiger partial charge in [-0.25, -0.2) is 0 Å². The molecule has 142 valence electrons. The first-order chi connectivity index (χ1) is 13.2. The van der Waals surface area contributed by atoms with Gasteiger partial charge in [0.15, 0.2) is 6.29 Å². The summed E-state index contributed by atoms with van der Waals surface area (Å²) in [6.45, 7) is 0.597. The average molecular weight is 387 g/mol. The molecule has 27 heavy (non-hydrogen) atoms. The zero-order valence-corrected chi connectivity index (χ0v) is 15.5. The Hall–Kier alpha value is -2.51. The summed E-state index contributed by atoms with van der Waals surface area (Å²) < 4.78 is 5.77. The maximum atomic E-state index is 13.0. The Balaban J connectivity index is 1.77. The number of aliphatic hydroxyl groups excluding tert-OH is 1. The number of nitrogens with zero attached hydrogens (tertiary/aromatic N) is 1. The number of rotatable bonds is 6. The van der Waals surface area contributed by atoms with Crippen LogP contribution in [-0.2, 0) is 6.61 Å². The zero-order valence-electron chi connectivity index (χ0n) is 14.7. The lowest BCUT2D eigenvalue weighted by atomic mass is 10.1. The number of hydrogen-bond acceptors (Lipinski definition) is 6. The maximum absolute atomic E-state index is 13.0. The Morgan fingerprint density at radius 2 is 2.07 bits per heavy atom. The minimum Gasteiger partial charge on any atom is -0.507 e. The molecule has 1 fully saturated rings. The molecule has 1 heterocycles. The van der Waals surface area contributed by atoms with Crippen LogP contribution < -0.4 is 4.74 Å². The first kappa shape index (κ1) is 19.3. The molecule has 3 rings (SSSR count). The number of aldehydes is 1. The van der Waals surface area contributed by atoms with E-state index in [0.29, 0.717) is 35.5 Å². The molecule has 1 saturated heterocycles. The van der Waals surface area contributed by atoms with Crippen LogP contribution >= 0.6 is 11.8 Å². The van der Waals surface area contributed by atoms with E-state index in [1.165, 1.54) is 6.07 Å². The van der Waals surface area contributed by atoms with E-state index < -0.39 is 0 Å². The first-order valence-corrected chi connectivity index (χ1v) is 9.78. The van der Waals surface area contributed by atoms with Crippen molar-refractivity contribution in [2.24, 2.45) is 0 Å². The second-order valence-electron chi connectivity index (χ2n) is 6.16. The largest absolute Gasteiger partial charge is 0.507 e. The molecule has 2 aromatic carbocycles. The Labute approximate surface area is 161 Å². The number of hydrogen-bond donors (Lipinski definition) is 2. The first-order valence-electron chi connectivity index (χ1n) is 8.63. The maximum Gasteiger partial charge on any atom is 0.254 e. The number of aromatic hydroxyl groups is 1. The summed E-state index contributed by atoms with van der Waals surface area (Å²) in [5, 5.41) is 19.3. The van der Waals surface area contributed by atoms with Crippen molar-refractivity contribution in [3.8, 4) is 11.5 Å². The van der Waals surface area contributed by atoms with E-state index in [4.69, 9.17) is 4.74 Å². The highest BCUT2D eigenvalue weighted by molar-refractivity contribution is 7.99. The molecule has 0 aromatic heterocycles. The number of amides is 1. The van der Waals surface area contributed by atoms with Crippen molar-refractivity contribution in [1.82, 2.24) is 4.90 Å². The van der Waals surface area contributed by atoms with E-state index in [9.17, 15) is 19.8 Å². The average Bonchev–Trinajstić information content (AvgIpc) is 2.72. The van der Waals surface area contributed by atoms with Gasteiger partial charge < -0.3 is 19.8 Å². The topological polar surface area (TPSA) is 87.1 Å². The van der Waals surface area contributed by atoms with Gasteiger partial charge in [-0.05, 0) is 23.8 Å². The molecule has 1 atom stereocenters. The number of thioether (sulfide) groups is 1. The van der Waals surface area contributed by atoms with Crippen LogP contribution in [0.5, 0.6) is 11.5 Å².